The molecule has 0 atom stereocenters. The Morgan fingerprint density at radius 2 is 2.08 bits per heavy atom. The zero-order valence-corrected chi connectivity index (χ0v) is 7.61. The molecule has 66 valence electrons. The second-order valence-electron chi connectivity index (χ2n) is 2.18. The maximum atomic E-state index is 12.1. The van der Waals surface area contributed by atoms with Crippen molar-refractivity contribution in [2.75, 3.05) is 5.43 Å². The lowest BCUT2D eigenvalue weighted by Crippen LogP contribution is -2.07. The number of hydrogen-bond acceptors (Lipinski definition) is 2. The molecule has 0 aromatic heterocycles. The van der Waals surface area contributed by atoms with E-state index in [0.29, 0.717) is 10.2 Å². The molecule has 1 aromatic carbocycles. The van der Waals surface area contributed by atoms with Gasteiger partial charge in [-0.25, -0.2) is 8.78 Å². The van der Waals surface area contributed by atoms with E-state index in [1.165, 1.54) is 18.2 Å². The smallest absolute Gasteiger partial charge is 0.263 e. The lowest BCUT2D eigenvalue weighted by atomic mass is 10.2. The molecule has 1 aromatic rings. The largest absolute Gasteiger partial charge is 0.323 e. The highest BCUT2D eigenvalue weighted by Crippen LogP contribution is 2.27. The molecule has 2 nitrogen and oxygen atoms in total. The highest BCUT2D eigenvalue weighted by Gasteiger charge is 2.08. The topological polar surface area (TPSA) is 38.0 Å². The van der Waals surface area contributed by atoms with E-state index in [-0.39, 0.29) is 5.56 Å². The average molecular weight is 237 g/mol. The van der Waals surface area contributed by atoms with E-state index in [1.807, 2.05) is 0 Å². The van der Waals surface area contributed by atoms with Crippen LogP contribution >= 0.6 is 15.9 Å². The fourth-order valence-corrected chi connectivity index (χ4v) is 1.30. The van der Waals surface area contributed by atoms with Crippen LogP contribution in [-0.2, 0) is 0 Å². The summed E-state index contributed by atoms with van der Waals surface area (Å²) in [5.41, 5.74) is 2.93. The van der Waals surface area contributed by atoms with Crippen LogP contribution < -0.4 is 11.3 Å². The molecule has 0 bridgehead atoms. The van der Waals surface area contributed by atoms with Crippen molar-refractivity contribution >= 4 is 21.6 Å². The Labute approximate surface area is 76.9 Å². The van der Waals surface area contributed by atoms with Gasteiger partial charge in [0.15, 0.2) is 0 Å². The quantitative estimate of drug-likeness (QED) is 0.613. The number of alkyl halides is 2. The van der Waals surface area contributed by atoms with Crippen LogP contribution in [0.5, 0.6) is 0 Å². The minimum Gasteiger partial charge on any atom is -0.323 e. The second-order valence-corrected chi connectivity index (χ2v) is 3.04. The summed E-state index contributed by atoms with van der Waals surface area (Å²) in [6.45, 7) is 0. The maximum Gasteiger partial charge on any atom is 0.263 e. The van der Waals surface area contributed by atoms with Gasteiger partial charge in [-0.15, -0.1) is 0 Å². The SMILES string of the molecule is NNc1ccc(C(F)F)cc1Br. The third-order valence-electron chi connectivity index (χ3n) is 1.40. The summed E-state index contributed by atoms with van der Waals surface area (Å²) in [7, 11) is 0. The summed E-state index contributed by atoms with van der Waals surface area (Å²) in [6.07, 6.45) is -2.45. The summed E-state index contributed by atoms with van der Waals surface area (Å²) < 4.78 is 24.8. The van der Waals surface area contributed by atoms with Crippen molar-refractivity contribution in [2.45, 2.75) is 6.43 Å². The Bertz CT molecular complexity index is 278. The van der Waals surface area contributed by atoms with Gasteiger partial charge in [0.25, 0.3) is 6.43 Å². The van der Waals surface area contributed by atoms with E-state index in [9.17, 15) is 8.78 Å². The van der Waals surface area contributed by atoms with Crippen molar-refractivity contribution < 1.29 is 8.78 Å². The molecule has 0 radical (unpaired) electrons. The molecule has 0 saturated carbocycles. The Kier molecular flexibility index (Phi) is 2.99. The number of benzene rings is 1. The van der Waals surface area contributed by atoms with Crippen LogP contribution in [0.3, 0.4) is 0 Å². The van der Waals surface area contributed by atoms with Gasteiger partial charge in [0, 0.05) is 10.0 Å². The van der Waals surface area contributed by atoms with E-state index in [1.54, 1.807) is 0 Å². The molecule has 12 heavy (non-hydrogen) atoms. The zero-order chi connectivity index (χ0) is 9.14. The van der Waals surface area contributed by atoms with Gasteiger partial charge in [0.05, 0.1) is 5.69 Å². The Morgan fingerprint density at radius 1 is 1.42 bits per heavy atom. The second kappa shape index (κ2) is 3.82. The van der Waals surface area contributed by atoms with Crippen LogP contribution in [0.1, 0.15) is 12.0 Å². The van der Waals surface area contributed by atoms with Crippen molar-refractivity contribution in [1.82, 2.24) is 0 Å². The molecular weight excluding hydrogens is 230 g/mol. The Hall–Kier alpha value is -0.680. The van der Waals surface area contributed by atoms with Crippen molar-refractivity contribution in [3.8, 4) is 0 Å². The van der Waals surface area contributed by atoms with Crippen LogP contribution in [0.25, 0.3) is 0 Å². The normalized spacial score (nSPS) is 10.4. The molecule has 0 aliphatic carbocycles. The van der Waals surface area contributed by atoms with Crippen molar-refractivity contribution in [2.24, 2.45) is 5.84 Å². The standard InChI is InChI=1S/C7H7BrF2N2/c8-5-3-4(7(9)10)1-2-6(5)12-11/h1-3,7,12H,11H2. The van der Waals surface area contributed by atoms with E-state index < -0.39 is 6.43 Å². The molecule has 0 spiro atoms. The van der Waals surface area contributed by atoms with Gasteiger partial charge in [-0.1, -0.05) is 6.07 Å². The summed E-state index contributed by atoms with van der Waals surface area (Å²) in [4.78, 5) is 0. The van der Waals surface area contributed by atoms with Crippen molar-refractivity contribution in [1.29, 1.82) is 0 Å². The minimum atomic E-state index is -2.45. The van der Waals surface area contributed by atoms with E-state index in [4.69, 9.17) is 5.84 Å². The molecule has 0 saturated heterocycles. The predicted octanol–water partition coefficient (Wildman–Crippen LogP) is 2.67. The molecule has 0 amide bonds. The highest BCUT2D eigenvalue weighted by atomic mass is 79.9. The van der Waals surface area contributed by atoms with Gasteiger partial charge in [0.1, 0.15) is 0 Å². The first-order chi connectivity index (χ1) is 5.65. The lowest BCUT2D eigenvalue weighted by Gasteiger charge is -2.05. The number of rotatable bonds is 2. The van der Waals surface area contributed by atoms with Gasteiger partial charge < -0.3 is 5.43 Å². The molecule has 0 aliphatic rings. The fraction of sp³-hybridized carbons (Fsp3) is 0.143. The van der Waals surface area contributed by atoms with E-state index in [2.05, 4.69) is 21.4 Å². The first-order valence-corrected chi connectivity index (χ1v) is 3.98. The number of halogens is 3. The van der Waals surface area contributed by atoms with Crippen LogP contribution in [0.2, 0.25) is 0 Å². The summed E-state index contributed by atoms with van der Waals surface area (Å²) in [5.74, 6) is 5.11. The van der Waals surface area contributed by atoms with Crippen LogP contribution in [0.15, 0.2) is 22.7 Å². The van der Waals surface area contributed by atoms with Crippen LogP contribution in [0, 0.1) is 0 Å². The number of hydrogen-bond donors (Lipinski definition) is 2. The fourth-order valence-electron chi connectivity index (χ4n) is 0.784. The maximum absolute atomic E-state index is 12.1. The molecule has 0 fully saturated rings. The van der Waals surface area contributed by atoms with Crippen LogP contribution in [-0.4, -0.2) is 0 Å². The molecule has 0 heterocycles. The number of hydrazine groups is 1. The summed E-state index contributed by atoms with van der Waals surface area (Å²) in [6, 6.07) is 4.15. The third kappa shape index (κ3) is 1.92. The zero-order valence-electron chi connectivity index (χ0n) is 6.02. The molecule has 5 heteroatoms. The molecule has 0 aliphatic heterocycles. The monoisotopic (exact) mass is 236 g/mol. The molecule has 3 N–H and O–H groups in total. The Balaban J connectivity index is 3.02. The first kappa shape index (κ1) is 9.41. The van der Waals surface area contributed by atoms with Crippen molar-refractivity contribution in [3.05, 3.63) is 28.2 Å². The number of anilines is 1. The van der Waals surface area contributed by atoms with Gasteiger partial charge in [0.2, 0.25) is 0 Å². The number of nitrogens with two attached hydrogens (primary N) is 1. The first-order valence-electron chi connectivity index (χ1n) is 3.19. The minimum absolute atomic E-state index is 0.0270. The van der Waals surface area contributed by atoms with E-state index in [0.717, 1.165) is 0 Å². The number of nitrogen functional groups attached to an aromatic ring is 1. The molecular formula is C7H7BrF2N2. The van der Waals surface area contributed by atoms with E-state index >= 15 is 0 Å². The van der Waals surface area contributed by atoms with Gasteiger partial charge >= 0.3 is 0 Å². The van der Waals surface area contributed by atoms with Crippen LogP contribution in [0.4, 0.5) is 14.5 Å². The third-order valence-corrected chi connectivity index (χ3v) is 2.06. The average Bonchev–Trinajstić information content (AvgIpc) is 2.04. The molecule has 0 unspecified atom stereocenters. The predicted molar refractivity (Wildman–Crippen MR) is 46.9 cm³/mol. The Morgan fingerprint density at radius 3 is 2.50 bits per heavy atom. The van der Waals surface area contributed by atoms with Crippen molar-refractivity contribution in [3.63, 3.8) is 0 Å². The van der Waals surface area contributed by atoms with Gasteiger partial charge in [-0.3, -0.25) is 5.84 Å². The highest BCUT2D eigenvalue weighted by molar-refractivity contribution is 9.10. The lowest BCUT2D eigenvalue weighted by molar-refractivity contribution is 0.151. The van der Waals surface area contributed by atoms with Gasteiger partial charge in [-0.05, 0) is 28.1 Å². The summed E-state index contributed by atoms with van der Waals surface area (Å²) in [5, 5.41) is 0. The summed E-state index contributed by atoms with van der Waals surface area (Å²) >= 11 is 3.10. The number of nitrogens with one attached hydrogen (secondary N) is 1. The molecule has 1 rings (SSSR count). The van der Waals surface area contributed by atoms with Gasteiger partial charge in [-0.2, -0.15) is 0 Å².